The second kappa shape index (κ2) is 6.78. The van der Waals surface area contributed by atoms with Crippen molar-refractivity contribution in [1.29, 1.82) is 0 Å². The topological polar surface area (TPSA) is 68.3 Å². The first-order chi connectivity index (χ1) is 9.97. The Bertz CT molecular complexity index is 551. The summed E-state index contributed by atoms with van der Waals surface area (Å²) in [4.78, 5) is 26.0. The Kier molecular flexibility index (Phi) is 5.04. The molecule has 2 N–H and O–H groups in total. The summed E-state index contributed by atoms with van der Waals surface area (Å²) in [5.41, 5.74) is 5.98. The van der Waals surface area contributed by atoms with Crippen LogP contribution in [-0.2, 0) is 11.3 Å². The van der Waals surface area contributed by atoms with Gasteiger partial charge in [0.25, 0.3) is 5.56 Å². The fourth-order valence-electron chi connectivity index (χ4n) is 2.96. The Balaban J connectivity index is 2.00. The Morgan fingerprint density at radius 2 is 2.10 bits per heavy atom. The lowest BCUT2D eigenvalue weighted by atomic mass is 9.89. The van der Waals surface area contributed by atoms with Gasteiger partial charge < -0.3 is 15.2 Å². The lowest BCUT2D eigenvalue weighted by Gasteiger charge is -2.22. The molecule has 1 unspecified atom stereocenters. The molecular formula is C16H25N3O2. The SMILES string of the molecule is CC(C)C1CCCN(C(=O)Cn2cc(N)ccc2=O)CC1. The smallest absolute Gasteiger partial charge is 0.251 e. The maximum absolute atomic E-state index is 12.4. The van der Waals surface area contributed by atoms with Gasteiger partial charge in [-0.25, -0.2) is 0 Å². The molecule has 1 aromatic rings. The maximum Gasteiger partial charge on any atom is 0.251 e. The van der Waals surface area contributed by atoms with Crippen molar-refractivity contribution in [2.24, 2.45) is 11.8 Å². The number of anilines is 1. The third-order valence-electron chi connectivity index (χ3n) is 4.38. The number of aromatic nitrogens is 1. The molecule has 1 aromatic heterocycles. The van der Waals surface area contributed by atoms with E-state index in [1.54, 1.807) is 6.07 Å². The van der Waals surface area contributed by atoms with Crippen LogP contribution in [-0.4, -0.2) is 28.5 Å². The van der Waals surface area contributed by atoms with Crippen molar-refractivity contribution < 1.29 is 4.79 Å². The highest BCUT2D eigenvalue weighted by Crippen LogP contribution is 2.24. The predicted octanol–water partition coefficient (Wildman–Crippen LogP) is 1.72. The summed E-state index contributed by atoms with van der Waals surface area (Å²) in [5.74, 6) is 1.36. The molecule has 1 aliphatic rings. The summed E-state index contributed by atoms with van der Waals surface area (Å²) < 4.78 is 1.39. The minimum atomic E-state index is -0.188. The molecule has 1 fully saturated rings. The van der Waals surface area contributed by atoms with Gasteiger partial charge in [0.1, 0.15) is 6.54 Å². The van der Waals surface area contributed by atoms with Crippen LogP contribution in [0.4, 0.5) is 5.69 Å². The minimum absolute atomic E-state index is 0.00658. The predicted molar refractivity (Wildman–Crippen MR) is 83.9 cm³/mol. The molecule has 1 atom stereocenters. The molecule has 5 heteroatoms. The number of amides is 1. The normalized spacial score (nSPS) is 19.6. The van der Waals surface area contributed by atoms with Gasteiger partial charge in [0.05, 0.1) is 0 Å². The van der Waals surface area contributed by atoms with E-state index in [0.29, 0.717) is 17.5 Å². The minimum Gasteiger partial charge on any atom is -0.398 e. The number of pyridine rings is 1. The monoisotopic (exact) mass is 291 g/mol. The van der Waals surface area contributed by atoms with Gasteiger partial charge in [-0.3, -0.25) is 9.59 Å². The van der Waals surface area contributed by atoms with Crippen LogP contribution in [0.15, 0.2) is 23.1 Å². The van der Waals surface area contributed by atoms with Crippen LogP contribution in [0.2, 0.25) is 0 Å². The van der Waals surface area contributed by atoms with E-state index in [0.717, 1.165) is 25.9 Å². The molecule has 1 saturated heterocycles. The summed E-state index contributed by atoms with van der Waals surface area (Å²) in [7, 11) is 0. The van der Waals surface area contributed by atoms with E-state index in [2.05, 4.69) is 13.8 Å². The van der Waals surface area contributed by atoms with Crippen LogP contribution in [0.25, 0.3) is 0 Å². The standard InChI is InChI=1S/C16H25N3O2/c1-12(2)13-4-3-8-18(9-7-13)16(21)11-19-10-14(17)5-6-15(19)20/h5-6,10,12-13H,3-4,7-9,11,17H2,1-2H3. The fourth-order valence-corrected chi connectivity index (χ4v) is 2.96. The second-order valence-corrected chi connectivity index (χ2v) is 6.24. The van der Waals surface area contributed by atoms with Gasteiger partial charge in [0, 0.05) is 31.0 Å². The summed E-state index contributed by atoms with van der Waals surface area (Å²) >= 11 is 0. The van der Waals surface area contributed by atoms with Crippen molar-refractivity contribution in [2.45, 2.75) is 39.7 Å². The second-order valence-electron chi connectivity index (χ2n) is 6.24. The Labute approximate surface area is 125 Å². The van der Waals surface area contributed by atoms with E-state index in [-0.39, 0.29) is 18.0 Å². The van der Waals surface area contributed by atoms with Crippen LogP contribution in [0.1, 0.15) is 33.1 Å². The van der Waals surface area contributed by atoms with Gasteiger partial charge in [-0.1, -0.05) is 13.8 Å². The Morgan fingerprint density at radius 1 is 1.33 bits per heavy atom. The first-order valence-corrected chi connectivity index (χ1v) is 7.71. The molecule has 21 heavy (non-hydrogen) atoms. The average molecular weight is 291 g/mol. The number of carbonyl (C=O) groups is 1. The lowest BCUT2D eigenvalue weighted by Crippen LogP contribution is -2.37. The average Bonchev–Trinajstić information content (AvgIpc) is 2.68. The van der Waals surface area contributed by atoms with Crippen molar-refractivity contribution in [3.8, 4) is 0 Å². The summed E-state index contributed by atoms with van der Waals surface area (Å²) in [6.07, 6.45) is 4.81. The number of likely N-dealkylation sites (tertiary alicyclic amines) is 1. The lowest BCUT2D eigenvalue weighted by molar-refractivity contribution is -0.131. The Morgan fingerprint density at radius 3 is 2.81 bits per heavy atom. The van der Waals surface area contributed by atoms with E-state index in [9.17, 15) is 9.59 Å². The fraction of sp³-hybridized carbons (Fsp3) is 0.625. The molecule has 0 bridgehead atoms. The van der Waals surface area contributed by atoms with Crippen molar-refractivity contribution >= 4 is 11.6 Å². The molecule has 2 heterocycles. The Hall–Kier alpha value is -1.78. The van der Waals surface area contributed by atoms with Gasteiger partial charge in [-0.05, 0) is 37.2 Å². The van der Waals surface area contributed by atoms with Crippen molar-refractivity contribution in [1.82, 2.24) is 9.47 Å². The van der Waals surface area contributed by atoms with Gasteiger partial charge in [-0.15, -0.1) is 0 Å². The van der Waals surface area contributed by atoms with Gasteiger partial charge in [0.2, 0.25) is 5.91 Å². The molecule has 2 rings (SSSR count). The number of hydrogen-bond acceptors (Lipinski definition) is 3. The molecule has 0 spiro atoms. The largest absolute Gasteiger partial charge is 0.398 e. The molecule has 0 saturated carbocycles. The van der Waals surface area contributed by atoms with E-state index in [4.69, 9.17) is 5.73 Å². The first-order valence-electron chi connectivity index (χ1n) is 7.71. The molecule has 1 aliphatic heterocycles. The highest BCUT2D eigenvalue weighted by atomic mass is 16.2. The van der Waals surface area contributed by atoms with Crippen LogP contribution in [0.3, 0.4) is 0 Å². The van der Waals surface area contributed by atoms with Crippen molar-refractivity contribution in [3.63, 3.8) is 0 Å². The summed E-state index contributed by atoms with van der Waals surface area (Å²) in [6, 6.07) is 2.96. The summed E-state index contributed by atoms with van der Waals surface area (Å²) in [6.45, 7) is 6.15. The van der Waals surface area contributed by atoms with Crippen molar-refractivity contribution in [2.75, 3.05) is 18.8 Å². The first kappa shape index (κ1) is 15.6. The molecular weight excluding hydrogens is 266 g/mol. The number of carbonyl (C=O) groups excluding carboxylic acids is 1. The third kappa shape index (κ3) is 4.09. The van der Waals surface area contributed by atoms with E-state index >= 15 is 0 Å². The zero-order valence-corrected chi connectivity index (χ0v) is 12.9. The zero-order chi connectivity index (χ0) is 15.4. The van der Waals surface area contributed by atoms with Gasteiger partial charge in [-0.2, -0.15) is 0 Å². The number of rotatable bonds is 3. The van der Waals surface area contributed by atoms with E-state index < -0.39 is 0 Å². The number of nitrogens with two attached hydrogens (primary N) is 1. The molecule has 116 valence electrons. The number of hydrogen-bond donors (Lipinski definition) is 1. The summed E-state index contributed by atoms with van der Waals surface area (Å²) in [5, 5.41) is 0. The third-order valence-corrected chi connectivity index (χ3v) is 4.38. The van der Waals surface area contributed by atoms with Gasteiger partial charge in [0.15, 0.2) is 0 Å². The quantitative estimate of drug-likeness (QED) is 0.922. The van der Waals surface area contributed by atoms with E-state index in [1.165, 1.54) is 23.3 Å². The van der Waals surface area contributed by atoms with Crippen molar-refractivity contribution in [3.05, 3.63) is 28.7 Å². The molecule has 0 aliphatic carbocycles. The molecule has 5 nitrogen and oxygen atoms in total. The maximum atomic E-state index is 12.4. The van der Waals surface area contributed by atoms with Crippen LogP contribution in [0.5, 0.6) is 0 Å². The molecule has 0 aromatic carbocycles. The molecule has 1 amide bonds. The van der Waals surface area contributed by atoms with Crippen LogP contribution >= 0.6 is 0 Å². The van der Waals surface area contributed by atoms with Gasteiger partial charge >= 0.3 is 0 Å². The highest BCUT2D eigenvalue weighted by molar-refractivity contribution is 5.76. The zero-order valence-electron chi connectivity index (χ0n) is 12.9. The van der Waals surface area contributed by atoms with E-state index in [1.807, 2.05) is 4.90 Å². The number of nitrogen functional groups attached to an aromatic ring is 1. The number of nitrogens with zero attached hydrogens (tertiary/aromatic N) is 2. The molecule has 0 radical (unpaired) electrons. The highest BCUT2D eigenvalue weighted by Gasteiger charge is 2.22. The van der Waals surface area contributed by atoms with Crippen LogP contribution < -0.4 is 11.3 Å². The van der Waals surface area contributed by atoms with Crippen LogP contribution in [0, 0.1) is 11.8 Å².